The molecule has 1 atom stereocenters. The van der Waals surface area contributed by atoms with Gasteiger partial charge in [-0.15, -0.1) is 0 Å². The van der Waals surface area contributed by atoms with Gasteiger partial charge >= 0.3 is 7.12 Å². The Morgan fingerprint density at radius 1 is 1.85 bits per heavy atom. The summed E-state index contributed by atoms with van der Waals surface area (Å²) < 4.78 is 67.4. The second-order valence-corrected chi connectivity index (χ2v) is 2.20. The van der Waals surface area contributed by atoms with Crippen LogP contribution in [0.5, 0.6) is 0 Å². The molecule has 4 nitrogen and oxygen atoms in total. The minimum absolute atomic E-state index is 0.651. The number of hydrogen-bond donors (Lipinski definition) is 2. The summed E-state index contributed by atoms with van der Waals surface area (Å²) in [4.78, 5) is 6.89. The van der Waals surface area contributed by atoms with Crippen LogP contribution < -0.4 is 5.46 Å². The van der Waals surface area contributed by atoms with Gasteiger partial charge in [-0.25, -0.2) is 9.97 Å². The monoisotopic (exact) mass is 189 g/mol. The highest BCUT2D eigenvalue weighted by Crippen LogP contribution is 2.13. The summed E-state index contributed by atoms with van der Waals surface area (Å²) in [7, 11) is -2.30. The quantitative estimate of drug-likeness (QED) is 0.639. The van der Waals surface area contributed by atoms with Gasteiger partial charge in [0.1, 0.15) is 6.33 Å². The molecule has 1 aromatic heterocycles. The first-order valence-electron chi connectivity index (χ1n) is 7.84. The van der Waals surface area contributed by atoms with E-state index in [2.05, 4.69) is 9.97 Å². The normalized spacial score (nSPS) is 28.3. The van der Waals surface area contributed by atoms with Gasteiger partial charge in [0.05, 0.1) is 0 Å². The van der Waals surface area contributed by atoms with Crippen LogP contribution in [0.15, 0.2) is 12.5 Å². The standard InChI is InChI=1S/C8H13BN2O2/c1-3-6(2)8-7(9(12)13)4-10-5-11-8/h4-6,12-13H,3H2,1-2H3/i1D3,2D3,3D2,6D. The van der Waals surface area contributed by atoms with E-state index in [1.54, 1.807) is 0 Å². The fourth-order valence-electron chi connectivity index (χ4n) is 0.797. The van der Waals surface area contributed by atoms with Crippen molar-refractivity contribution in [1.29, 1.82) is 0 Å². The summed E-state index contributed by atoms with van der Waals surface area (Å²) in [5.74, 6) is -3.37. The Kier molecular flexibility index (Phi) is 1.11. The first kappa shape index (κ1) is 3.33. The van der Waals surface area contributed by atoms with Crippen LogP contribution in [0.2, 0.25) is 0 Å². The lowest BCUT2D eigenvalue weighted by atomic mass is 9.77. The zero-order valence-electron chi connectivity index (χ0n) is 15.5. The lowest BCUT2D eigenvalue weighted by Gasteiger charge is -2.11. The van der Waals surface area contributed by atoms with Gasteiger partial charge in [0.2, 0.25) is 0 Å². The number of nitrogens with zero attached hydrogens (tertiary/aromatic N) is 2. The topological polar surface area (TPSA) is 66.2 Å². The molecule has 13 heavy (non-hydrogen) atoms. The molecular formula is C8H13BN2O2. The molecule has 0 spiro atoms. The van der Waals surface area contributed by atoms with Crippen LogP contribution in [0.25, 0.3) is 0 Å². The van der Waals surface area contributed by atoms with Gasteiger partial charge in [0.25, 0.3) is 0 Å². The molecule has 2 N–H and O–H groups in total. The maximum Gasteiger partial charge on any atom is 0.491 e. The summed E-state index contributed by atoms with van der Waals surface area (Å²) in [5, 5.41) is 18.5. The van der Waals surface area contributed by atoms with E-state index in [9.17, 15) is 10.0 Å². The Balaban J connectivity index is 3.78. The maximum absolute atomic E-state index is 9.25. The molecule has 0 aliphatic carbocycles. The van der Waals surface area contributed by atoms with Crippen LogP contribution in [0, 0.1) is 0 Å². The van der Waals surface area contributed by atoms with Crippen molar-refractivity contribution in [3.8, 4) is 0 Å². The van der Waals surface area contributed by atoms with Gasteiger partial charge in [0, 0.05) is 29.7 Å². The fourth-order valence-corrected chi connectivity index (χ4v) is 0.797. The third kappa shape index (κ3) is 2.26. The molecule has 0 saturated heterocycles. The first-order valence-corrected chi connectivity index (χ1v) is 3.34. The summed E-state index contributed by atoms with van der Waals surface area (Å²) >= 11 is 0. The van der Waals surface area contributed by atoms with Crippen LogP contribution >= 0.6 is 0 Å². The Morgan fingerprint density at radius 3 is 3.31 bits per heavy atom. The molecule has 0 saturated carbocycles. The molecule has 0 fully saturated rings. The molecule has 0 aromatic carbocycles. The van der Waals surface area contributed by atoms with Crippen molar-refractivity contribution < 1.29 is 22.4 Å². The van der Waals surface area contributed by atoms with Crippen molar-refractivity contribution in [3.63, 3.8) is 0 Å². The highest BCUT2D eigenvalue weighted by Gasteiger charge is 2.19. The highest BCUT2D eigenvalue weighted by atomic mass is 16.4. The fraction of sp³-hybridized carbons (Fsp3) is 0.500. The predicted molar refractivity (Wildman–Crippen MR) is 50.6 cm³/mol. The van der Waals surface area contributed by atoms with Crippen LogP contribution in [0.1, 0.15) is 44.0 Å². The number of rotatable bonds is 3. The van der Waals surface area contributed by atoms with Gasteiger partial charge < -0.3 is 10.0 Å². The average Bonchev–Trinajstić information content (AvgIpc) is 2.34. The number of hydrogen-bond acceptors (Lipinski definition) is 4. The zero-order valence-corrected chi connectivity index (χ0v) is 6.52. The van der Waals surface area contributed by atoms with Crippen LogP contribution in [0.3, 0.4) is 0 Å². The van der Waals surface area contributed by atoms with Gasteiger partial charge in [-0.1, -0.05) is 13.7 Å². The van der Waals surface area contributed by atoms with Crippen molar-refractivity contribution >= 4 is 12.6 Å². The van der Waals surface area contributed by atoms with Gasteiger partial charge in [-0.05, 0) is 12.3 Å². The Hall–Kier alpha value is -0.935. The van der Waals surface area contributed by atoms with Gasteiger partial charge in [-0.3, -0.25) is 0 Å². The summed E-state index contributed by atoms with van der Waals surface area (Å²) in [6, 6.07) is 0. The van der Waals surface area contributed by atoms with Gasteiger partial charge in [-0.2, -0.15) is 0 Å². The molecule has 1 heterocycles. The third-order valence-corrected chi connectivity index (χ3v) is 1.38. The average molecular weight is 189 g/mol. The van der Waals surface area contributed by atoms with E-state index in [1.807, 2.05) is 0 Å². The van der Waals surface area contributed by atoms with Crippen LogP contribution in [0.4, 0.5) is 0 Å². The predicted octanol–water partition coefficient (Wildman–Crippen LogP) is -0.330. The number of aromatic nitrogens is 2. The van der Waals surface area contributed by atoms with Crippen molar-refractivity contribution in [2.75, 3.05) is 0 Å². The molecule has 1 aromatic rings. The van der Waals surface area contributed by atoms with Crippen LogP contribution in [-0.2, 0) is 0 Å². The Morgan fingerprint density at radius 2 is 2.69 bits per heavy atom. The SMILES string of the molecule is [2H]C([2H])([2H])C([2H])([2H])C([2H])(c1ncncc1B(O)O)C([2H])([2H])[2H]. The molecule has 0 amide bonds. The van der Waals surface area contributed by atoms with Crippen molar-refractivity contribution in [2.24, 2.45) is 0 Å². The van der Waals surface area contributed by atoms with Gasteiger partial charge in [0.15, 0.2) is 0 Å². The Labute approximate surface area is 90.5 Å². The molecule has 0 radical (unpaired) electrons. The van der Waals surface area contributed by atoms with E-state index in [0.717, 1.165) is 12.5 Å². The van der Waals surface area contributed by atoms with Crippen molar-refractivity contribution in [1.82, 2.24) is 9.97 Å². The third-order valence-electron chi connectivity index (χ3n) is 1.38. The summed E-state index contributed by atoms with van der Waals surface area (Å²) in [6.45, 7) is -6.92. The Bertz CT molecular complexity index is 547. The minimum Gasteiger partial charge on any atom is -0.423 e. The van der Waals surface area contributed by atoms with E-state index in [-0.39, 0.29) is 0 Å². The van der Waals surface area contributed by atoms with E-state index >= 15 is 0 Å². The highest BCUT2D eigenvalue weighted by molar-refractivity contribution is 6.59. The molecule has 70 valence electrons. The lowest BCUT2D eigenvalue weighted by molar-refractivity contribution is 0.424. The van der Waals surface area contributed by atoms with Crippen molar-refractivity contribution in [2.45, 2.75) is 26.0 Å². The van der Waals surface area contributed by atoms with E-state index < -0.39 is 44.2 Å². The molecule has 1 rings (SSSR count). The largest absolute Gasteiger partial charge is 0.491 e. The molecule has 1 unspecified atom stereocenters. The van der Waals surface area contributed by atoms with Crippen molar-refractivity contribution in [3.05, 3.63) is 18.2 Å². The second kappa shape index (κ2) is 4.34. The minimum atomic E-state index is -3.55. The second-order valence-electron chi connectivity index (χ2n) is 2.20. The van der Waals surface area contributed by atoms with Crippen LogP contribution in [-0.4, -0.2) is 27.1 Å². The smallest absolute Gasteiger partial charge is 0.423 e. The summed E-state index contributed by atoms with van der Waals surface area (Å²) in [6.07, 6.45) is -1.99. The molecular weight excluding hydrogens is 167 g/mol. The summed E-state index contributed by atoms with van der Waals surface area (Å²) in [5.41, 5.74) is -1.57. The molecule has 0 aliphatic heterocycles. The molecule has 0 bridgehead atoms. The lowest BCUT2D eigenvalue weighted by Crippen LogP contribution is -2.35. The van der Waals surface area contributed by atoms with E-state index in [1.165, 1.54) is 0 Å². The molecule has 5 heteroatoms. The first-order chi connectivity index (χ1) is 9.68. The van der Waals surface area contributed by atoms with E-state index in [4.69, 9.17) is 12.3 Å². The van der Waals surface area contributed by atoms with E-state index in [0.29, 0.717) is 0 Å². The zero-order chi connectivity index (χ0) is 17.6. The maximum atomic E-state index is 9.25. The molecule has 0 aliphatic rings.